The smallest absolute Gasteiger partial charge is 0.471 e. The van der Waals surface area contributed by atoms with Gasteiger partial charge in [0.2, 0.25) is 0 Å². The summed E-state index contributed by atoms with van der Waals surface area (Å²) >= 11 is 0. The Morgan fingerprint density at radius 2 is 1.86 bits per heavy atom. The van der Waals surface area contributed by atoms with Crippen molar-refractivity contribution in [1.82, 2.24) is 15.0 Å². The predicted molar refractivity (Wildman–Crippen MR) is 112 cm³/mol. The summed E-state index contributed by atoms with van der Waals surface area (Å²) in [5.41, 5.74) is -1.46. The zero-order valence-corrected chi connectivity index (χ0v) is 20.2. The lowest BCUT2D eigenvalue weighted by atomic mass is 10.0. The van der Waals surface area contributed by atoms with E-state index in [0.29, 0.717) is 19.3 Å². The molecule has 1 amide bonds. The number of benzene rings is 1. The van der Waals surface area contributed by atoms with E-state index in [1.165, 1.54) is 4.90 Å². The molecule has 1 fully saturated rings. The summed E-state index contributed by atoms with van der Waals surface area (Å²) in [6.45, 7) is 2.36. The van der Waals surface area contributed by atoms with Gasteiger partial charge in [0.05, 0.1) is 15.9 Å². The number of nitrogens with zero attached hydrogens (tertiary/aromatic N) is 3. The lowest BCUT2D eigenvalue weighted by molar-refractivity contribution is -0.189. The van der Waals surface area contributed by atoms with Gasteiger partial charge in [-0.1, -0.05) is 12.1 Å². The number of hydrogen-bond donors (Lipinski definition) is 0. The summed E-state index contributed by atoms with van der Waals surface area (Å²) in [6.07, 6.45) is -9.97. The van der Waals surface area contributed by atoms with E-state index in [0.717, 1.165) is 31.4 Å². The van der Waals surface area contributed by atoms with Crippen LogP contribution in [0.1, 0.15) is 55.2 Å². The summed E-state index contributed by atoms with van der Waals surface area (Å²) in [6, 6.07) is 2.92. The number of rotatable bonds is 9. The lowest BCUT2D eigenvalue weighted by Gasteiger charge is -2.27. The van der Waals surface area contributed by atoms with Crippen molar-refractivity contribution < 1.29 is 48.8 Å². The monoisotopic (exact) mass is 543 g/mol. The molecule has 2 aromatic rings. The third kappa shape index (κ3) is 6.10. The van der Waals surface area contributed by atoms with Crippen LogP contribution in [0, 0.1) is 0 Å². The Labute approximate surface area is 202 Å². The van der Waals surface area contributed by atoms with Crippen molar-refractivity contribution >= 4 is 15.7 Å². The summed E-state index contributed by atoms with van der Waals surface area (Å²) in [7, 11) is -3.83. The van der Waals surface area contributed by atoms with E-state index < -0.39 is 56.8 Å². The fourth-order valence-electron chi connectivity index (χ4n) is 3.48. The molecule has 15 heteroatoms. The van der Waals surface area contributed by atoms with Crippen molar-refractivity contribution in [2.75, 3.05) is 19.3 Å². The van der Waals surface area contributed by atoms with Crippen LogP contribution in [0.25, 0.3) is 0 Å². The van der Waals surface area contributed by atoms with Gasteiger partial charge in [-0.25, -0.2) is 8.42 Å². The summed E-state index contributed by atoms with van der Waals surface area (Å²) in [4.78, 5) is 17.8. The minimum absolute atomic E-state index is 0.0714. The van der Waals surface area contributed by atoms with Gasteiger partial charge in [-0.15, -0.1) is 0 Å². The molecule has 200 valence electrons. The van der Waals surface area contributed by atoms with Crippen molar-refractivity contribution in [1.29, 1.82) is 0 Å². The van der Waals surface area contributed by atoms with Gasteiger partial charge in [0.1, 0.15) is 5.75 Å². The van der Waals surface area contributed by atoms with Crippen LogP contribution in [0.2, 0.25) is 0 Å². The molecule has 0 N–H and O–H groups in total. The van der Waals surface area contributed by atoms with E-state index in [4.69, 9.17) is 4.74 Å². The number of ether oxygens (including phenoxy) is 1. The van der Waals surface area contributed by atoms with Crippen LogP contribution < -0.4 is 4.74 Å². The highest BCUT2D eigenvalue weighted by Gasteiger charge is 2.52. The van der Waals surface area contributed by atoms with Crippen LogP contribution in [-0.2, 0) is 21.4 Å². The average Bonchev–Trinajstić information content (AvgIpc) is 3.34. The standard InChI is InChI=1S/C21H23F6N3O5S/c1-4-9-30(11-19(7-8-19)17-28-18(35-29-17)21(25,26)27)16(31)14-10-13(36(3,32)33)5-6-15(14)34-12(2)20(22,23)24/h5-6,10,12H,4,7-9,11H2,1-3H3/t12-/m0/s1. The van der Waals surface area contributed by atoms with Gasteiger partial charge in [0, 0.05) is 19.3 Å². The van der Waals surface area contributed by atoms with E-state index in [-0.39, 0.29) is 23.8 Å². The molecule has 0 aliphatic heterocycles. The Bertz CT molecular complexity index is 1220. The predicted octanol–water partition coefficient (Wildman–Crippen LogP) is 4.41. The second-order valence-electron chi connectivity index (χ2n) is 8.66. The molecule has 0 radical (unpaired) electrons. The van der Waals surface area contributed by atoms with E-state index in [1.54, 1.807) is 6.92 Å². The van der Waals surface area contributed by atoms with Crippen LogP contribution in [0.5, 0.6) is 5.75 Å². The van der Waals surface area contributed by atoms with Gasteiger partial charge in [-0.3, -0.25) is 4.79 Å². The molecular weight excluding hydrogens is 520 g/mol. The Morgan fingerprint density at radius 3 is 2.33 bits per heavy atom. The third-order valence-corrected chi connectivity index (χ3v) is 6.76. The SMILES string of the molecule is CCCN(CC1(c2noc(C(F)(F)F)n2)CC1)C(=O)c1cc(S(C)(=O)=O)ccc1O[C@@H](C)C(F)(F)F. The molecule has 1 aromatic carbocycles. The summed E-state index contributed by atoms with van der Waals surface area (Å²) in [5.74, 6) is -3.11. The first-order valence-corrected chi connectivity index (χ1v) is 12.7. The van der Waals surface area contributed by atoms with E-state index >= 15 is 0 Å². The molecular formula is C21H23F6N3O5S. The fraction of sp³-hybridized carbons (Fsp3) is 0.571. The Balaban J connectivity index is 1.98. The molecule has 0 unspecified atom stereocenters. The molecule has 0 spiro atoms. The van der Waals surface area contributed by atoms with Crippen LogP contribution in [0.3, 0.4) is 0 Å². The summed E-state index contributed by atoms with van der Waals surface area (Å²) in [5, 5.41) is 3.42. The highest BCUT2D eigenvalue weighted by Crippen LogP contribution is 2.48. The number of amides is 1. The molecule has 1 saturated carbocycles. The number of sulfone groups is 1. The van der Waals surface area contributed by atoms with Gasteiger partial charge < -0.3 is 14.2 Å². The molecule has 1 heterocycles. The maximum atomic E-state index is 13.5. The quantitative estimate of drug-likeness (QED) is 0.432. The minimum atomic E-state index is -4.85. The van der Waals surface area contributed by atoms with Crippen LogP contribution in [0.15, 0.2) is 27.6 Å². The van der Waals surface area contributed by atoms with Crippen LogP contribution in [-0.4, -0.2) is 61.0 Å². The molecule has 1 aliphatic rings. The van der Waals surface area contributed by atoms with Crippen molar-refractivity contribution in [2.45, 2.75) is 61.9 Å². The summed E-state index contributed by atoms with van der Waals surface area (Å²) < 4.78 is 111. The van der Waals surface area contributed by atoms with Crippen molar-refractivity contribution in [3.05, 3.63) is 35.5 Å². The van der Waals surface area contributed by atoms with E-state index in [2.05, 4.69) is 14.7 Å². The number of alkyl halides is 6. The molecule has 3 rings (SSSR count). The Morgan fingerprint density at radius 1 is 1.22 bits per heavy atom. The van der Waals surface area contributed by atoms with E-state index in [9.17, 15) is 39.6 Å². The van der Waals surface area contributed by atoms with Crippen LogP contribution >= 0.6 is 0 Å². The topological polar surface area (TPSA) is 103 Å². The average molecular weight is 543 g/mol. The maximum absolute atomic E-state index is 13.5. The largest absolute Gasteiger partial charge is 0.480 e. The Hall–Kier alpha value is -2.84. The van der Waals surface area contributed by atoms with Crippen LogP contribution in [0.4, 0.5) is 26.3 Å². The minimum Gasteiger partial charge on any atom is -0.480 e. The highest BCUT2D eigenvalue weighted by atomic mass is 32.2. The number of halogens is 6. The third-order valence-electron chi connectivity index (χ3n) is 5.64. The number of carbonyl (C=O) groups excluding carboxylic acids is 1. The molecule has 8 nitrogen and oxygen atoms in total. The Kier molecular flexibility index (Phi) is 7.37. The van der Waals surface area contributed by atoms with Gasteiger partial charge in [0.15, 0.2) is 21.8 Å². The normalized spacial score (nSPS) is 16.5. The first-order valence-electron chi connectivity index (χ1n) is 10.8. The molecule has 36 heavy (non-hydrogen) atoms. The zero-order valence-electron chi connectivity index (χ0n) is 19.4. The first kappa shape index (κ1) is 27.7. The second kappa shape index (κ2) is 9.56. The van der Waals surface area contributed by atoms with Gasteiger partial charge in [-0.2, -0.15) is 31.3 Å². The lowest BCUT2D eigenvalue weighted by Crippen LogP contribution is -2.39. The number of carbonyl (C=O) groups is 1. The molecule has 1 aliphatic carbocycles. The maximum Gasteiger partial charge on any atom is 0.471 e. The highest BCUT2D eigenvalue weighted by molar-refractivity contribution is 7.90. The fourth-order valence-corrected chi connectivity index (χ4v) is 4.13. The zero-order chi connectivity index (χ0) is 27.1. The number of hydrogen-bond acceptors (Lipinski definition) is 7. The van der Waals surface area contributed by atoms with Gasteiger partial charge in [0.25, 0.3) is 5.91 Å². The van der Waals surface area contributed by atoms with Gasteiger partial charge >= 0.3 is 18.2 Å². The van der Waals surface area contributed by atoms with Crippen molar-refractivity contribution in [2.24, 2.45) is 0 Å². The molecule has 1 atom stereocenters. The second-order valence-corrected chi connectivity index (χ2v) is 10.7. The number of aromatic nitrogens is 2. The molecule has 0 bridgehead atoms. The van der Waals surface area contributed by atoms with Gasteiger partial charge in [-0.05, 0) is 44.4 Å². The first-order chi connectivity index (χ1) is 16.5. The molecule has 0 saturated heterocycles. The van der Waals surface area contributed by atoms with E-state index in [1.807, 2.05) is 0 Å². The van der Waals surface area contributed by atoms with Crippen molar-refractivity contribution in [3.8, 4) is 5.75 Å². The van der Waals surface area contributed by atoms with Crippen molar-refractivity contribution in [3.63, 3.8) is 0 Å². The molecule has 1 aromatic heterocycles.